The van der Waals surface area contributed by atoms with Crippen LogP contribution in [0, 0.1) is 5.82 Å². The molecule has 6 heteroatoms. The van der Waals surface area contributed by atoms with Crippen molar-refractivity contribution in [2.24, 2.45) is 0 Å². The summed E-state index contributed by atoms with van der Waals surface area (Å²) in [6.07, 6.45) is 4.21. The van der Waals surface area contributed by atoms with E-state index < -0.39 is 11.9 Å². The van der Waals surface area contributed by atoms with Crippen LogP contribution in [0.2, 0.25) is 0 Å². The fraction of sp³-hybridized carbons (Fsp3) is 0.500. The molecule has 1 aromatic rings. The van der Waals surface area contributed by atoms with Crippen LogP contribution in [-0.4, -0.2) is 28.0 Å². The molecule has 16 heavy (non-hydrogen) atoms. The second kappa shape index (κ2) is 4.42. The number of hydrogen-bond donors (Lipinski definition) is 2. The van der Waals surface area contributed by atoms with Crippen molar-refractivity contribution < 1.29 is 9.18 Å². The second-order valence-electron chi connectivity index (χ2n) is 3.87. The summed E-state index contributed by atoms with van der Waals surface area (Å²) in [7, 11) is 0. The van der Waals surface area contributed by atoms with Crippen LogP contribution in [-0.2, 0) is 4.79 Å². The van der Waals surface area contributed by atoms with E-state index in [1.54, 1.807) is 6.92 Å². The van der Waals surface area contributed by atoms with E-state index in [1.165, 1.54) is 0 Å². The molecule has 0 spiro atoms. The van der Waals surface area contributed by atoms with Crippen molar-refractivity contribution in [3.8, 4) is 0 Å². The van der Waals surface area contributed by atoms with Gasteiger partial charge in [-0.2, -0.15) is 0 Å². The number of carbonyl (C=O) groups excluding carboxylic acids is 1. The van der Waals surface area contributed by atoms with Gasteiger partial charge in [-0.1, -0.05) is 0 Å². The van der Waals surface area contributed by atoms with Gasteiger partial charge in [-0.3, -0.25) is 4.79 Å². The molecule has 1 aliphatic carbocycles. The minimum Gasteiger partial charge on any atom is -0.352 e. The number of carbonyl (C=O) groups is 1. The molecule has 1 saturated carbocycles. The Bertz CT molecular complexity index is 377. The molecule has 1 aromatic heterocycles. The predicted octanol–water partition coefficient (Wildman–Crippen LogP) is 0.695. The number of nitrogens with zero attached hydrogens (tertiary/aromatic N) is 2. The van der Waals surface area contributed by atoms with Crippen molar-refractivity contribution in [3.05, 3.63) is 18.2 Å². The highest BCUT2D eigenvalue weighted by Crippen LogP contribution is 2.18. The molecule has 1 heterocycles. The van der Waals surface area contributed by atoms with Crippen LogP contribution in [0.3, 0.4) is 0 Å². The SMILES string of the molecule is CC(Nc1ncc(F)cn1)C(=O)NC1CC1. The number of hydrogen-bond acceptors (Lipinski definition) is 4. The maximum Gasteiger partial charge on any atom is 0.242 e. The van der Waals surface area contributed by atoms with Gasteiger partial charge in [-0.25, -0.2) is 14.4 Å². The molecular formula is C10H13FN4O. The average Bonchev–Trinajstić information content (AvgIpc) is 3.05. The lowest BCUT2D eigenvalue weighted by Gasteiger charge is -2.13. The van der Waals surface area contributed by atoms with Gasteiger partial charge in [-0.15, -0.1) is 0 Å². The normalized spacial score (nSPS) is 16.6. The Morgan fingerprint density at radius 3 is 2.69 bits per heavy atom. The van der Waals surface area contributed by atoms with E-state index in [4.69, 9.17) is 0 Å². The molecular weight excluding hydrogens is 211 g/mol. The molecule has 0 aromatic carbocycles. The van der Waals surface area contributed by atoms with E-state index in [0.717, 1.165) is 25.2 Å². The number of rotatable bonds is 4. The van der Waals surface area contributed by atoms with Crippen LogP contribution in [0.1, 0.15) is 19.8 Å². The summed E-state index contributed by atoms with van der Waals surface area (Å²) in [4.78, 5) is 19.0. The number of anilines is 1. The number of amides is 1. The first-order valence-corrected chi connectivity index (χ1v) is 5.19. The van der Waals surface area contributed by atoms with Gasteiger partial charge < -0.3 is 10.6 Å². The average molecular weight is 224 g/mol. The first-order chi connectivity index (χ1) is 7.65. The lowest BCUT2D eigenvalue weighted by atomic mass is 10.3. The van der Waals surface area contributed by atoms with Crippen molar-refractivity contribution in [2.45, 2.75) is 31.8 Å². The third-order valence-corrected chi connectivity index (χ3v) is 2.28. The summed E-state index contributed by atoms with van der Waals surface area (Å²) in [5, 5.41) is 5.66. The highest BCUT2D eigenvalue weighted by Gasteiger charge is 2.25. The Balaban J connectivity index is 1.87. The zero-order chi connectivity index (χ0) is 11.5. The summed E-state index contributed by atoms with van der Waals surface area (Å²) < 4.78 is 12.5. The molecule has 0 bridgehead atoms. The van der Waals surface area contributed by atoms with Crippen LogP contribution in [0.5, 0.6) is 0 Å². The van der Waals surface area contributed by atoms with E-state index in [-0.39, 0.29) is 11.9 Å². The summed E-state index contributed by atoms with van der Waals surface area (Å²) in [5.41, 5.74) is 0. The number of nitrogens with one attached hydrogen (secondary N) is 2. The van der Waals surface area contributed by atoms with Crippen molar-refractivity contribution >= 4 is 11.9 Å². The van der Waals surface area contributed by atoms with E-state index in [2.05, 4.69) is 20.6 Å². The smallest absolute Gasteiger partial charge is 0.242 e. The van der Waals surface area contributed by atoms with Crippen molar-refractivity contribution in [1.82, 2.24) is 15.3 Å². The van der Waals surface area contributed by atoms with Crippen LogP contribution in [0.4, 0.5) is 10.3 Å². The third kappa shape index (κ3) is 2.88. The zero-order valence-electron chi connectivity index (χ0n) is 8.90. The highest BCUT2D eigenvalue weighted by atomic mass is 19.1. The van der Waals surface area contributed by atoms with Crippen LogP contribution >= 0.6 is 0 Å². The van der Waals surface area contributed by atoms with Crippen molar-refractivity contribution in [3.63, 3.8) is 0 Å². The molecule has 5 nitrogen and oxygen atoms in total. The molecule has 1 fully saturated rings. The van der Waals surface area contributed by atoms with E-state index in [0.29, 0.717) is 6.04 Å². The summed E-state index contributed by atoms with van der Waals surface area (Å²) in [6, 6.07) is -0.100. The Kier molecular flexibility index (Phi) is 2.98. The van der Waals surface area contributed by atoms with Gasteiger partial charge in [0.05, 0.1) is 12.4 Å². The fourth-order valence-corrected chi connectivity index (χ4v) is 1.20. The molecule has 1 amide bonds. The third-order valence-electron chi connectivity index (χ3n) is 2.28. The second-order valence-corrected chi connectivity index (χ2v) is 3.87. The van der Waals surface area contributed by atoms with Gasteiger partial charge >= 0.3 is 0 Å². The van der Waals surface area contributed by atoms with E-state index >= 15 is 0 Å². The molecule has 0 radical (unpaired) electrons. The van der Waals surface area contributed by atoms with Gasteiger partial charge in [0.25, 0.3) is 0 Å². The molecule has 1 aliphatic rings. The highest BCUT2D eigenvalue weighted by molar-refractivity contribution is 5.84. The summed E-state index contributed by atoms with van der Waals surface area (Å²) >= 11 is 0. The summed E-state index contributed by atoms with van der Waals surface area (Å²) in [5.74, 6) is -0.337. The molecule has 1 atom stereocenters. The Morgan fingerprint density at radius 1 is 1.50 bits per heavy atom. The monoisotopic (exact) mass is 224 g/mol. The summed E-state index contributed by atoms with van der Waals surface area (Å²) in [6.45, 7) is 1.71. The van der Waals surface area contributed by atoms with Crippen molar-refractivity contribution in [1.29, 1.82) is 0 Å². The number of aromatic nitrogens is 2. The standard InChI is InChI=1S/C10H13FN4O/c1-6(9(16)15-8-2-3-8)14-10-12-4-7(11)5-13-10/h4-6,8H,2-3H2,1H3,(H,15,16)(H,12,13,14). The minimum absolute atomic E-state index is 0.0876. The molecule has 2 N–H and O–H groups in total. The fourth-order valence-electron chi connectivity index (χ4n) is 1.20. The van der Waals surface area contributed by atoms with Gasteiger partial charge in [-0.05, 0) is 19.8 Å². The largest absolute Gasteiger partial charge is 0.352 e. The topological polar surface area (TPSA) is 66.9 Å². The van der Waals surface area contributed by atoms with Gasteiger partial charge in [0.15, 0.2) is 5.82 Å². The van der Waals surface area contributed by atoms with Crippen LogP contribution < -0.4 is 10.6 Å². The Labute approximate surface area is 92.5 Å². The molecule has 86 valence electrons. The first kappa shape index (κ1) is 10.8. The minimum atomic E-state index is -0.499. The lowest BCUT2D eigenvalue weighted by Crippen LogP contribution is -2.39. The Morgan fingerprint density at radius 2 is 2.12 bits per heavy atom. The van der Waals surface area contributed by atoms with Crippen molar-refractivity contribution in [2.75, 3.05) is 5.32 Å². The molecule has 0 aliphatic heterocycles. The molecule has 2 rings (SSSR count). The van der Waals surface area contributed by atoms with Crippen LogP contribution in [0.15, 0.2) is 12.4 Å². The first-order valence-electron chi connectivity index (χ1n) is 5.19. The van der Waals surface area contributed by atoms with Gasteiger partial charge in [0.2, 0.25) is 11.9 Å². The predicted molar refractivity (Wildman–Crippen MR) is 56.2 cm³/mol. The van der Waals surface area contributed by atoms with Crippen LogP contribution in [0.25, 0.3) is 0 Å². The van der Waals surface area contributed by atoms with Gasteiger partial charge in [0.1, 0.15) is 6.04 Å². The Hall–Kier alpha value is -1.72. The quantitative estimate of drug-likeness (QED) is 0.789. The van der Waals surface area contributed by atoms with E-state index in [1.807, 2.05) is 0 Å². The zero-order valence-corrected chi connectivity index (χ0v) is 8.90. The lowest BCUT2D eigenvalue weighted by molar-refractivity contribution is -0.121. The maximum absolute atomic E-state index is 12.5. The van der Waals surface area contributed by atoms with E-state index in [9.17, 15) is 9.18 Å². The molecule has 0 saturated heterocycles. The number of halogens is 1. The maximum atomic E-state index is 12.5. The molecule has 1 unspecified atom stereocenters. The van der Waals surface area contributed by atoms with Gasteiger partial charge in [0, 0.05) is 6.04 Å².